The summed E-state index contributed by atoms with van der Waals surface area (Å²) in [4.78, 5) is 26.6. The van der Waals surface area contributed by atoms with Crippen LogP contribution in [0.4, 0.5) is 9.18 Å². The van der Waals surface area contributed by atoms with Gasteiger partial charge in [0, 0.05) is 0 Å². The highest BCUT2D eigenvalue weighted by Crippen LogP contribution is 2.40. The van der Waals surface area contributed by atoms with Gasteiger partial charge in [-0.25, -0.2) is 9.18 Å². The maximum Gasteiger partial charge on any atom is 0.325 e. The summed E-state index contributed by atoms with van der Waals surface area (Å²) in [5.41, 5.74) is 0.511. The van der Waals surface area contributed by atoms with Crippen LogP contribution >= 0.6 is 0 Å². The second-order valence-electron chi connectivity index (χ2n) is 7.46. The van der Waals surface area contributed by atoms with E-state index in [4.69, 9.17) is 4.74 Å². The number of rotatable bonds is 5. The predicted octanol–water partition coefficient (Wildman–Crippen LogP) is 3.85. The van der Waals surface area contributed by atoms with Crippen molar-refractivity contribution in [1.82, 2.24) is 10.2 Å². The van der Waals surface area contributed by atoms with Gasteiger partial charge in [-0.1, -0.05) is 30.3 Å². The highest BCUT2D eigenvalue weighted by molar-refractivity contribution is 6.07. The van der Waals surface area contributed by atoms with E-state index in [1.807, 2.05) is 18.2 Å². The first-order valence-corrected chi connectivity index (χ1v) is 9.65. The summed E-state index contributed by atoms with van der Waals surface area (Å²) in [5.74, 6) is 0.431. The first-order valence-electron chi connectivity index (χ1n) is 9.65. The van der Waals surface area contributed by atoms with Crippen molar-refractivity contribution in [2.45, 2.75) is 37.1 Å². The van der Waals surface area contributed by atoms with E-state index in [-0.39, 0.29) is 30.9 Å². The number of halogens is 1. The average Bonchev–Trinajstić information content (AvgIpc) is 2.94. The van der Waals surface area contributed by atoms with Crippen LogP contribution in [0.1, 0.15) is 37.2 Å². The predicted molar refractivity (Wildman–Crippen MR) is 103 cm³/mol. The van der Waals surface area contributed by atoms with Crippen LogP contribution < -0.4 is 10.1 Å². The molecule has 0 bridgehead atoms. The lowest BCUT2D eigenvalue weighted by atomic mass is 9.74. The van der Waals surface area contributed by atoms with Crippen molar-refractivity contribution in [2.24, 2.45) is 0 Å². The number of carbonyl (C=O) groups excluding carboxylic acids is 2. The van der Waals surface area contributed by atoms with Gasteiger partial charge < -0.3 is 10.1 Å². The Labute approximate surface area is 163 Å². The van der Waals surface area contributed by atoms with Crippen molar-refractivity contribution >= 4 is 11.9 Å². The quantitative estimate of drug-likeness (QED) is 0.799. The number of nitrogens with zero attached hydrogens (tertiary/aromatic N) is 1. The zero-order chi connectivity index (χ0) is 19.6. The van der Waals surface area contributed by atoms with Crippen molar-refractivity contribution < 1.29 is 18.7 Å². The third-order valence-corrected chi connectivity index (χ3v) is 5.75. The Morgan fingerprint density at radius 2 is 1.71 bits per heavy atom. The number of urea groups is 1. The topological polar surface area (TPSA) is 58.6 Å². The van der Waals surface area contributed by atoms with Crippen molar-refractivity contribution in [2.75, 3.05) is 13.2 Å². The molecule has 2 aromatic carbocycles. The molecular formula is C22H23FN2O3. The maximum absolute atomic E-state index is 13.0. The van der Waals surface area contributed by atoms with E-state index < -0.39 is 5.54 Å². The molecular weight excluding hydrogens is 359 g/mol. The molecule has 1 saturated carbocycles. The molecule has 1 saturated heterocycles. The van der Waals surface area contributed by atoms with E-state index in [2.05, 4.69) is 17.4 Å². The van der Waals surface area contributed by atoms with Crippen LogP contribution in [0.5, 0.6) is 5.75 Å². The Balaban J connectivity index is 1.34. The number of ether oxygens (including phenoxy) is 1. The number of benzene rings is 2. The minimum atomic E-state index is -0.780. The highest BCUT2D eigenvalue weighted by atomic mass is 19.1. The van der Waals surface area contributed by atoms with Gasteiger partial charge in [0.05, 0.1) is 6.54 Å². The standard InChI is InChI=1S/C22H23FN2O3/c23-18-6-8-19(9-7-18)28-15-14-25-20(26)22(24-21(25)27)12-10-17(11-13-22)16-4-2-1-3-5-16/h1-9,17H,10-15H2,(H,24,27). The lowest BCUT2D eigenvalue weighted by molar-refractivity contribution is -0.132. The third-order valence-electron chi connectivity index (χ3n) is 5.75. The number of hydrogen-bond donors (Lipinski definition) is 1. The van der Waals surface area contributed by atoms with Crippen LogP contribution in [-0.4, -0.2) is 35.5 Å². The lowest BCUT2D eigenvalue weighted by Gasteiger charge is -2.35. The Hall–Kier alpha value is -2.89. The molecule has 0 radical (unpaired) electrons. The molecule has 1 N–H and O–H groups in total. The van der Waals surface area contributed by atoms with Crippen LogP contribution in [0, 0.1) is 5.82 Å². The fraction of sp³-hybridized carbons (Fsp3) is 0.364. The maximum atomic E-state index is 13.0. The number of amides is 3. The second-order valence-corrected chi connectivity index (χ2v) is 7.46. The van der Waals surface area contributed by atoms with Gasteiger partial charge in [-0.05, 0) is 61.4 Å². The van der Waals surface area contributed by atoms with Crippen LogP contribution in [0.2, 0.25) is 0 Å². The Bertz CT molecular complexity index is 846. The van der Waals surface area contributed by atoms with Crippen LogP contribution in [0.3, 0.4) is 0 Å². The Morgan fingerprint density at radius 1 is 1.04 bits per heavy atom. The van der Waals surface area contributed by atoms with Crippen LogP contribution in [0.15, 0.2) is 54.6 Å². The molecule has 1 aliphatic heterocycles. The molecule has 1 aliphatic carbocycles. The summed E-state index contributed by atoms with van der Waals surface area (Å²) in [6.07, 6.45) is 3.03. The molecule has 5 nitrogen and oxygen atoms in total. The molecule has 0 atom stereocenters. The number of carbonyl (C=O) groups is 2. The first-order chi connectivity index (χ1) is 13.6. The van der Waals surface area contributed by atoms with E-state index in [1.165, 1.54) is 34.7 Å². The van der Waals surface area contributed by atoms with E-state index in [1.54, 1.807) is 0 Å². The summed E-state index contributed by atoms with van der Waals surface area (Å²) < 4.78 is 18.5. The highest BCUT2D eigenvalue weighted by Gasteiger charge is 2.52. The summed E-state index contributed by atoms with van der Waals surface area (Å²) >= 11 is 0. The van der Waals surface area contributed by atoms with Gasteiger partial charge in [0.15, 0.2) is 0 Å². The van der Waals surface area contributed by atoms with Crippen molar-refractivity contribution in [3.8, 4) is 5.75 Å². The second kappa shape index (κ2) is 7.62. The summed E-state index contributed by atoms with van der Waals surface area (Å²) in [6.45, 7) is 0.347. The zero-order valence-corrected chi connectivity index (χ0v) is 15.6. The van der Waals surface area contributed by atoms with Gasteiger partial charge in [0.1, 0.15) is 23.7 Å². The molecule has 2 fully saturated rings. The molecule has 28 heavy (non-hydrogen) atoms. The monoisotopic (exact) mass is 382 g/mol. The van der Waals surface area contributed by atoms with Crippen molar-refractivity contribution in [3.63, 3.8) is 0 Å². The molecule has 6 heteroatoms. The largest absolute Gasteiger partial charge is 0.492 e. The lowest BCUT2D eigenvalue weighted by Crippen LogP contribution is -2.49. The molecule has 0 unspecified atom stereocenters. The molecule has 3 amide bonds. The molecule has 4 rings (SSSR count). The molecule has 2 aromatic rings. The molecule has 1 heterocycles. The van der Waals surface area contributed by atoms with Gasteiger partial charge in [-0.3, -0.25) is 9.69 Å². The van der Waals surface area contributed by atoms with E-state index in [9.17, 15) is 14.0 Å². The normalized spacial score (nSPS) is 24.5. The SMILES string of the molecule is O=C1NC2(CCC(c3ccccc3)CC2)C(=O)N1CCOc1ccc(F)cc1. The number of nitrogens with one attached hydrogen (secondary N) is 1. The zero-order valence-electron chi connectivity index (χ0n) is 15.6. The Kier molecular flexibility index (Phi) is 5.03. The summed E-state index contributed by atoms with van der Waals surface area (Å²) in [6, 6.07) is 15.6. The van der Waals surface area contributed by atoms with Gasteiger partial charge in [0.2, 0.25) is 0 Å². The fourth-order valence-electron chi connectivity index (χ4n) is 4.17. The minimum Gasteiger partial charge on any atom is -0.492 e. The van der Waals surface area contributed by atoms with Crippen LogP contribution in [0.25, 0.3) is 0 Å². The van der Waals surface area contributed by atoms with E-state index in [0.717, 1.165) is 12.8 Å². The van der Waals surface area contributed by atoms with Crippen molar-refractivity contribution in [1.29, 1.82) is 0 Å². The van der Waals surface area contributed by atoms with Gasteiger partial charge in [-0.2, -0.15) is 0 Å². The van der Waals surface area contributed by atoms with E-state index >= 15 is 0 Å². The van der Waals surface area contributed by atoms with Gasteiger partial charge in [0.25, 0.3) is 5.91 Å². The number of hydrogen-bond acceptors (Lipinski definition) is 3. The molecule has 0 aromatic heterocycles. The van der Waals surface area contributed by atoms with E-state index in [0.29, 0.717) is 24.5 Å². The summed E-state index contributed by atoms with van der Waals surface area (Å²) in [7, 11) is 0. The average molecular weight is 382 g/mol. The van der Waals surface area contributed by atoms with Gasteiger partial charge >= 0.3 is 6.03 Å². The molecule has 2 aliphatic rings. The fourth-order valence-corrected chi connectivity index (χ4v) is 4.17. The summed E-state index contributed by atoms with van der Waals surface area (Å²) in [5, 5.41) is 2.93. The Morgan fingerprint density at radius 3 is 2.39 bits per heavy atom. The number of imide groups is 1. The smallest absolute Gasteiger partial charge is 0.325 e. The minimum absolute atomic E-state index is 0.160. The van der Waals surface area contributed by atoms with Gasteiger partial charge in [-0.15, -0.1) is 0 Å². The van der Waals surface area contributed by atoms with Crippen molar-refractivity contribution in [3.05, 3.63) is 66.0 Å². The third kappa shape index (κ3) is 3.59. The molecule has 146 valence electrons. The van der Waals surface area contributed by atoms with Crippen LogP contribution in [-0.2, 0) is 4.79 Å². The molecule has 1 spiro atoms. The first kappa shape index (κ1) is 18.5.